The highest BCUT2D eigenvalue weighted by Gasteiger charge is 2.53. The Morgan fingerprint density at radius 3 is 1.96 bits per heavy atom. The predicted octanol–water partition coefficient (Wildman–Crippen LogP) is 2.67. The van der Waals surface area contributed by atoms with Crippen LogP contribution in [-0.2, 0) is 14.0 Å². The second kappa shape index (κ2) is 6.44. The molecule has 2 aliphatic rings. The first kappa shape index (κ1) is 21.1. The largest absolute Gasteiger partial charge is 0.497 e. The van der Waals surface area contributed by atoms with Gasteiger partial charge < -0.3 is 19.1 Å². The van der Waals surface area contributed by atoms with E-state index in [1.807, 2.05) is 27.7 Å². The molecule has 1 aliphatic carbocycles. The van der Waals surface area contributed by atoms with Gasteiger partial charge in [-0.15, -0.1) is 0 Å². The average Bonchev–Trinajstić information content (AvgIpc) is 2.67. The summed E-state index contributed by atoms with van der Waals surface area (Å²) in [6.45, 7) is 14.7. The summed E-state index contributed by atoms with van der Waals surface area (Å²) < 4.78 is 17.7. The first-order chi connectivity index (χ1) is 11.6. The minimum atomic E-state index is -1.06. The van der Waals surface area contributed by atoms with Gasteiger partial charge in [0.2, 0.25) is 0 Å². The summed E-state index contributed by atoms with van der Waals surface area (Å²) in [6, 6.07) is 0. The molecule has 1 saturated heterocycles. The Hall–Kier alpha value is -1.21. The Morgan fingerprint density at radius 1 is 1.00 bits per heavy atom. The standard InChI is InChI=1S/C18H29B2N2O4/c1-15(2,23)16(3,4)24-19-11-9-10-12(14(22)13(11)21)20-25-17(5,6)18(7,8)26-20/h9-10,21-23H,1-8H3. The molecule has 8 heteroatoms. The minimum absolute atomic E-state index is 0.0313. The Balaban J connectivity index is 2.18. The molecular weight excluding hydrogens is 330 g/mol. The van der Waals surface area contributed by atoms with Crippen molar-refractivity contribution in [1.29, 1.82) is 10.8 Å². The molecular formula is C18H29B2N2O4. The van der Waals surface area contributed by atoms with Crippen molar-refractivity contribution in [2.24, 2.45) is 0 Å². The van der Waals surface area contributed by atoms with Gasteiger partial charge in [-0.3, -0.25) is 10.8 Å². The van der Waals surface area contributed by atoms with Crippen LogP contribution < -0.4 is 0 Å². The van der Waals surface area contributed by atoms with Crippen molar-refractivity contribution in [2.45, 2.75) is 77.8 Å². The number of allylic oxidation sites excluding steroid dienone is 4. The van der Waals surface area contributed by atoms with Crippen LogP contribution in [0.1, 0.15) is 55.4 Å². The monoisotopic (exact) mass is 359 g/mol. The highest BCUT2D eigenvalue weighted by atomic mass is 16.7. The molecule has 3 N–H and O–H groups in total. The summed E-state index contributed by atoms with van der Waals surface area (Å²) in [4.78, 5) is 0. The van der Waals surface area contributed by atoms with E-state index in [0.29, 0.717) is 10.9 Å². The maximum Gasteiger partial charge on any atom is 0.497 e. The first-order valence-electron chi connectivity index (χ1n) is 8.78. The molecule has 2 rings (SSSR count). The zero-order chi connectivity index (χ0) is 20.1. The summed E-state index contributed by atoms with van der Waals surface area (Å²) >= 11 is 0. The van der Waals surface area contributed by atoms with Crippen LogP contribution >= 0.6 is 0 Å². The van der Waals surface area contributed by atoms with Gasteiger partial charge in [0, 0.05) is 5.47 Å². The Kier molecular flexibility index (Phi) is 5.23. The molecule has 26 heavy (non-hydrogen) atoms. The lowest BCUT2D eigenvalue weighted by molar-refractivity contribution is -0.0895. The normalized spacial score (nSPS) is 23.0. The fourth-order valence-electron chi connectivity index (χ4n) is 2.25. The van der Waals surface area contributed by atoms with E-state index in [-0.39, 0.29) is 11.4 Å². The summed E-state index contributed by atoms with van der Waals surface area (Å²) in [5.41, 5.74) is -1.84. The van der Waals surface area contributed by atoms with E-state index >= 15 is 0 Å². The van der Waals surface area contributed by atoms with Gasteiger partial charge in [0.15, 0.2) is 0 Å². The summed E-state index contributed by atoms with van der Waals surface area (Å²) in [5.74, 6) is 0. The molecule has 1 heterocycles. The van der Waals surface area contributed by atoms with Crippen LogP contribution in [0.25, 0.3) is 0 Å². The average molecular weight is 359 g/mol. The Labute approximate surface area is 157 Å². The molecule has 0 aromatic rings. The predicted molar refractivity (Wildman–Crippen MR) is 105 cm³/mol. The van der Waals surface area contributed by atoms with Crippen molar-refractivity contribution in [3.05, 3.63) is 23.1 Å². The van der Waals surface area contributed by atoms with E-state index in [1.165, 1.54) is 7.48 Å². The van der Waals surface area contributed by atoms with Crippen molar-refractivity contribution in [1.82, 2.24) is 0 Å². The quantitative estimate of drug-likeness (QED) is 0.520. The topological polar surface area (TPSA) is 95.6 Å². The maximum atomic E-state index is 10.2. The lowest BCUT2D eigenvalue weighted by Crippen LogP contribution is -2.48. The van der Waals surface area contributed by atoms with Gasteiger partial charge in [-0.2, -0.15) is 0 Å². The molecule has 0 spiro atoms. The minimum Gasteiger partial charge on any atom is -0.427 e. The fourth-order valence-corrected chi connectivity index (χ4v) is 2.25. The number of hydrogen-bond acceptors (Lipinski definition) is 6. The Morgan fingerprint density at radius 2 is 1.50 bits per heavy atom. The summed E-state index contributed by atoms with van der Waals surface area (Å²) in [6.07, 6.45) is 3.44. The van der Waals surface area contributed by atoms with Gasteiger partial charge >= 0.3 is 14.6 Å². The third-order valence-electron chi connectivity index (χ3n) is 5.73. The molecule has 6 nitrogen and oxygen atoms in total. The first-order valence-corrected chi connectivity index (χ1v) is 8.78. The second-order valence-corrected chi connectivity index (χ2v) is 8.89. The molecule has 0 amide bonds. The van der Waals surface area contributed by atoms with E-state index in [2.05, 4.69) is 0 Å². The molecule has 1 aliphatic heterocycles. The van der Waals surface area contributed by atoms with Crippen molar-refractivity contribution in [3.63, 3.8) is 0 Å². The third-order valence-corrected chi connectivity index (χ3v) is 5.73. The van der Waals surface area contributed by atoms with Gasteiger partial charge in [0.1, 0.15) is 0 Å². The molecule has 0 aromatic heterocycles. The fraction of sp³-hybridized carbons (Fsp3) is 0.667. The molecule has 1 fully saturated rings. The molecule has 0 saturated carbocycles. The van der Waals surface area contributed by atoms with Crippen molar-refractivity contribution >= 4 is 26.0 Å². The van der Waals surface area contributed by atoms with Crippen molar-refractivity contribution < 1.29 is 19.1 Å². The van der Waals surface area contributed by atoms with Crippen molar-refractivity contribution in [3.8, 4) is 0 Å². The molecule has 0 bridgehead atoms. The zero-order valence-electron chi connectivity index (χ0n) is 17.0. The van der Waals surface area contributed by atoms with E-state index in [0.717, 1.165) is 0 Å². The van der Waals surface area contributed by atoms with E-state index in [1.54, 1.807) is 39.8 Å². The molecule has 0 unspecified atom stereocenters. The smallest absolute Gasteiger partial charge is 0.427 e. The van der Waals surface area contributed by atoms with Crippen molar-refractivity contribution in [2.75, 3.05) is 0 Å². The molecule has 0 atom stereocenters. The van der Waals surface area contributed by atoms with Gasteiger partial charge in [-0.25, -0.2) is 0 Å². The molecule has 0 aromatic carbocycles. The van der Waals surface area contributed by atoms with Crippen LogP contribution in [0, 0.1) is 10.8 Å². The van der Waals surface area contributed by atoms with Crippen LogP contribution in [0.3, 0.4) is 0 Å². The Bertz CT molecular complexity index is 672. The highest BCUT2D eigenvalue weighted by molar-refractivity contribution is 6.76. The van der Waals surface area contributed by atoms with Gasteiger partial charge in [0.05, 0.1) is 33.8 Å². The summed E-state index contributed by atoms with van der Waals surface area (Å²) in [7, 11) is 0.742. The van der Waals surface area contributed by atoms with Gasteiger partial charge in [-0.1, -0.05) is 12.2 Å². The lowest BCUT2D eigenvalue weighted by Gasteiger charge is -2.38. The number of rotatable bonds is 5. The zero-order valence-corrected chi connectivity index (χ0v) is 17.0. The van der Waals surface area contributed by atoms with Crippen LogP contribution in [0.5, 0.6) is 0 Å². The van der Waals surface area contributed by atoms with Crippen LogP contribution in [-0.4, -0.2) is 53.5 Å². The van der Waals surface area contributed by atoms with E-state index in [9.17, 15) is 5.11 Å². The summed E-state index contributed by atoms with van der Waals surface area (Å²) in [5, 5.41) is 26.8. The van der Waals surface area contributed by atoms with E-state index < -0.39 is 29.5 Å². The number of aliphatic hydroxyl groups is 1. The van der Waals surface area contributed by atoms with Gasteiger partial charge in [-0.05, 0) is 60.9 Å². The highest BCUT2D eigenvalue weighted by Crippen LogP contribution is 2.39. The van der Waals surface area contributed by atoms with Crippen LogP contribution in [0.4, 0.5) is 0 Å². The molecule has 1 radical (unpaired) electrons. The van der Waals surface area contributed by atoms with Crippen LogP contribution in [0.15, 0.2) is 23.1 Å². The lowest BCUT2D eigenvalue weighted by atomic mass is 9.67. The third kappa shape index (κ3) is 3.74. The van der Waals surface area contributed by atoms with E-state index in [4.69, 9.17) is 24.8 Å². The maximum absolute atomic E-state index is 10.2. The molecule has 141 valence electrons. The number of hydrogen-bond donors (Lipinski definition) is 3. The van der Waals surface area contributed by atoms with Crippen LogP contribution in [0.2, 0.25) is 0 Å². The second-order valence-electron chi connectivity index (χ2n) is 8.89. The van der Waals surface area contributed by atoms with Gasteiger partial charge in [0.25, 0.3) is 0 Å². The SMILES string of the molecule is CC(C)(O)C(C)(C)O[B]C1=CC=C(B2OC(C)(C)C(C)(C)O2)C(=N)C1=N. The number of nitrogens with one attached hydrogen (secondary N) is 2.